The van der Waals surface area contributed by atoms with Crippen LogP contribution < -0.4 is 5.32 Å². The molecule has 126 valence electrons. The van der Waals surface area contributed by atoms with Crippen molar-refractivity contribution in [3.05, 3.63) is 47.1 Å². The second-order valence-corrected chi connectivity index (χ2v) is 6.96. The highest BCUT2D eigenvalue weighted by atomic mass is 16.5. The number of likely N-dealkylation sites (tertiary alicyclic amines) is 1. The molecule has 1 aliphatic carbocycles. The highest BCUT2D eigenvalue weighted by Crippen LogP contribution is 2.38. The maximum absolute atomic E-state index is 12.5. The summed E-state index contributed by atoms with van der Waals surface area (Å²) in [7, 11) is 0. The normalized spacial score (nSPS) is 26.0. The first-order chi connectivity index (χ1) is 11.6. The first kappa shape index (κ1) is 15.3. The number of amides is 1. The minimum atomic E-state index is -0.0531. The fourth-order valence-electron chi connectivity index (χ4n) is 4.19. The van der Waals surface area contributed by atoms with Gasteiger partial charge in [0.25, 0.3) is 5.91 Å². The maximum Gasteiger partial charge on any atom is 0.257 e. The number of carbonyl (C=O) groups excluding carboxylic acids is 1. The van der Waals surface area contributed by atoms with Crippen LogP contribution in [0.3, 0.4) is 0 Å². The average Bonchev–Trinajstić information content (AvgIpc) is 3.23. The van der Waals surface area contributed by atoms with E-state index in [-0.39, 0.29) is 11.9 Å². The van der Waals surface area contributed by atoms with Crippen LogP contribution in [0.2, 0.25) is 0 Å². The number of hydrogen-bond donors (Lipinski definition) is 1. The number of nitrogens with zero attached hydrogens (tertiary/aromatic N) is 3. The van der Waals surface area contributed by atoms with E-state index in [2.05, 4.69) is 26.4 Å². The fraction of sp³-hybridized carbons (Fsp3) is 0.500. The Morgan fingerprint density at radius 1 is 1.42 bits per heavy atom. The maximum atomic E-state index is 12.5. The molecule has 2 aromatic heterocycles. The van der Waals surface area contributed by atoms with Crippen LogP contribution in [0.25, 0.3) is 0 Å². The molecule has 2 bridgehead atoms. The van der Waals surface area contributed by atoms with Crippen molar-refractivity contribution < 1.29 is 9.32 Å². The van der Waals surface area contributed by atoms with Crippen LogP contribution in [0.1, 0.15) is 40.2 Å². The van der Waals surface area contributed by atoms with E-state index >= 15 is 0 Å². The minimum Gasteiger partial charge on any atom is -0.361 e. The van der Waals surface area contributed by atoms with E-state index < -0.39 is 0 Å². The Hall–Kier alpha value is -2.21. The van der Waals surface area contributed by atoms with Crippen LogP contribution in [0.4, 0.5) is 0 Å². The van der Waals surface area contributed by atoms with Crippen LogP contribution >= 0.6 is 0 Å². The van der Waals surface area contributed by atoms with Crippen molar-refractivity contribution in [2.75, 3.05) is 6.54 Å². The summed E-state index contributed by atoms with van der Waals surface area (Å²) >= 11 is 0. The molecule has 0 unspecified atom stereocenters. The van der Waals surface area contributed by atoms with Crippen LogP contribution in [0.15, 0.2) is 29.0 Å². The largest absolute Gasteiger partial charge is 0.361 e. The summed E-state index contributed by atoms with van der Waals surface area (Å²) in [5, 5.41) is 7.07. The Morgan fingerprint density at radius 2 is 2.29 bits per heavy atom. The lowest BCUT2D eigenvalue weighted by molar-refractivity contribution is 0.0902. The lowest BCUT2D eigenvalue weighted by Crippen LogP contribution is -2.45. The third-order valence-corrected chi connectivity index (χ3v) is 5.34. The number of aromatic nitrogens is 2. The first-order valence-electron chi connectivity index (χ1n) is 8.48. The van der Waals surface area contributed by atoms with Crippen molar-refractivity contribution in [3.63, 3.8) is 0 Å². The number of fused-ring (bicyclic) bond motifs is 2. The molecule has 3 heterocycles. The third kappa shape index (κ3) is 2.71. The summed E-state index contributed by atoms with van der Waals surface area (Å²) in [4.78, 5) is 19.2. The van der Waals surface area contributed by atoms with Gasteiger partial charge in [-0.05, 0) is 44.2 Å². The molecule has 3 atom stereocenters. The van der Waals surface area contributed by atoms with Gasteiger partial charge in [-0.3, -0.25) is 14.7 Å². The van der Waals surface area contributed by atoms with Crippen LogP contribution in [-0.4, -0.2) is 39.6 Å². The van der Waals surface area contributed by atoms with Crippen LogP contribution in [0.5, 0.6) is 0 Å². The summed E-state index contributed by atoms with van der Waals surface area (Å²) in [5.74, 6) is 1.06. The van der Waals surface area contributed by atoms with Crippen molar-refractivity contribution in [1.82, 2.24) is 20.4 Å². The molecule has 2 aliphatic rings. The molecule has 0 spiro atoms. The van der Waals surface area contributed by atoms with Gasteiger partial charge >= 0.3 is 0 Å². The molecule has 1 saturated heterocycles. The summed E-state index contributed by atoms with van der Waals surface area (Å²) in [6.45, 7) is 5.57. The number of pyridine rings is 1. The molecule has 0 radical (unpaired) electrons. The summed E-state index contributed by atoms with van der Waals surface area (Å²) < 4.78 is 5.10. The zero-order chi connectivity index (χ0) is 16.7. The van der Waals surface area contributed by atoms with Gasteiger partial charge < -0.3 is 9.84 Å². The zero-order valence-corrected chi connectivity index (χ0v) is 14.0. The Bertz CT molecular complexity index is 723. The van der Waals surface area contributed by atoms with Gasteiger partial charge in [-0.1, -0.05) is 11.2 Å². The molecule has 0 aromatic carbocycles. The van der Waals surface area contributed by atoms with Gasteiger partial charge in [0, 0.05) is 37.6 Å². The molecule has 1 N–H and O–H groups in total. The second kappa shape index (κ2) is 6.02. The molecule has 6 nitrogen and oxygen atoms in total. The predicted octanol–water partition coefficient (Wildman–Crippen LogP) is 2.08. The summed E-state index contributed by atoms with van der Waals surface area (Å²) in [6.07, 6.45) is 5.91. The Labute approximate surface area is 141 Å². The summed E-state index contributed by atoms with van der Waals surface area (Å²) in [5.41, 5.74) is 2.50. The van der Waals surface area contributed by atoms with Crippen LogP contribution in [0, 0.1) is 19.8 Å². The van der Waals surface area contributed by atoms with E-state index in [9.17, 15) is 4.79 Å². The summed E-state index contributed by atoms with van der Waals surface area (Å²) in [6, 6.07) is 4.90. The lowest BCUT2D eigenvalue weighted by atomic mass is 10.0. The topological polar surface area (TPSA) is 71.3 Å². The van der Waals surface area contributed by atoms with Gasteiger partial charge in [-0.25, -0.2) is 0 Å². The second-order valence-electron chi connectivity index (χ2n) is 6.96. The van der Waals surface area contributed by atoms with Gasteiger partial charge in [0.2, 0.25) is 0 Å². The molecule has 2 aromatic rings. The molecule has 1 aliphatic heterocycles. The lowest BCUT2D eigenvalue weighted by Gasteiger charge is -2.31. The van der Waals surface area contributed by atoms with Crippen molar-refractivity contribution in [3.8, 4) is 0 Å². The quantitative estimate of drug-likeness (QED) is 0.931. The van der Waals surface area contributed by atoms with Crippen molar-refractivity contribution >= 4 is 5.91 Å². The third-order valence-electron chi connectivity index (χ3n) is 5.34. The van der Waals surface area contributed by atoms with E-state index in [1.807, 2.05) is 19.2 Å². The Morgan fingerprint density at radius 3 is 2.92 bits per heavy atom. The van der Waals surface area contributed by atoms with Gasteiger partial charge in [0.05, 0.1) is 5.69 Å². The number of rotatable bonds is 4. The molecule has 6 heteroatoms. The van der Waals surface area contributed by atoms with E-state index in [0.717, 1.165) is 25.9 Å². The SMILES string of the molecule is Cc1noc(C)c1C(=O)N[C@@H]1C[C@H]2C[C@H]1CN2Cc1cccnc1. The van der Waals surface area contributed by atoms with Gasteiger partial charge in [-0.15, -0.1) is 0 Å². The average molecular weight is 326 g/mol. The monoisotopic (exact) mass is 326 g/mol. The fourth-order valence-corrected chi connectivity index (χ4v) is 4.19. The van der Waals surface area contributed by atoms with Crippen LogP contribution in [-0.2, 0) is 6.54 Å². The number of aryl methyl sites for hydroxylation is 2. The number of piperidine rings is 1. The first-order valence-corrected chi connectivity index (χ1v) is 8.48. The molecule has 24 heavy (non-hydrogen) atoms. The highest BCUT2D eigenvalue weighted by Gasteiger charge is 2.45. The minimum absolute atomic E-state index is 0.0531. The standard InChI is InChI=1S/C18H22N4O2/c1-11-17(12(2)24-21-11)18(23)20-16-7-15-6-14(16)10-22(15)9-13-4-3-5-19-8-13/h3-5,8,14-16H,6-7,9-10H2,1-2H3,(H,20,23)/t14-,15+,16+/m0/s1. The Kier molecular flexibility index (Phi) is 3.84. The van der Waals surface area contributed by atoms with Crippen molar-refractivity contribution in [2.24, 2.45) is 5.92 Å². The number of carbonyl (C=O) groups is 1. The molecule has 1 amide bonds. The van der Waals surface area contributed by atoms with Crippen molar-refractivity contribution in [2.45, 2.75) is 45.3 Å². The molecular weight excluding hydrogens is 304 g/mol. The zero-order valence-electron chi connectivity index (χ0n) is 14.0. The molecule has 1 saturated carbocycles. The predicted molar refractivity (Wildman–Crippen MR) is 88.4 cm³/mol. The Balaban J connectivity index is 1.37. The van der Waals surface area contributed by atoms with E-state index in [1.165, 1.54) is 5.56 Å². The number of hydrogen-bond acceptors (Lipinski definition) is 5. The highest BCUT2D eigenvalue weighted by molar-refractivity contribution is 5.96. The molecule has 2 fully saturated rings. The molecular formula is C18H22N4O2. The van der Waals surface area contributed by atoms with Gasteiger partial charge in [0.15, 0.2) is 0 Å². The van der Waals surface area contributed by atoms with E-state index in [0.29, 0.717) is 29.0 Å². The van der Waals surface area contributed by atoms with Gasteiger partial charge in [-0.2, -0.15) is 0 Å². The van der Waals surface area contributed by atoms with Gasteiger partial charge in [0.1, 0.15) is 11.3 Å². The van der Waals surface area contributed by atoms with E-state index in [1.54, 1.807) is 13.1 Å². The van der Waals surface area contributed by atoms with Crippen molar-refractivity contribution in [1.29, 1.82) is 0 Å². The van der Waals surface area contributed by atoms with E-state index in [4.69, 9.17) is 4.52 Å². The smallest absolute Gasteiger partial charge is 0.257 e. The molecule has 4 rings (SSSR count). The number of nitrogens with one attached hydrogen (secondary N) is 1.